The lowest BCUT2D eigenvalue weighted by Crippen LogP contribution is -2.44. The molecule has 0 atom stereocenters. The fourth-order valence-electron chi connectivity index (χ4n) is 1.44. The Labute approximate surface area is 82.9 Å². The van der Waals surface area contributed by atoms with Gasteiger partial charge in [-0.1, -0.05) is 20.4 Å². The van der Waals surface area contributed by atoms with Crippen LogP contribution in [0.5, 0.6) is 0 Å². The van der Waals surface area contributed by atoms with Crippen molar-refractivity contribution in [3.63, 3.8) is 0 Å². The maximum Gasteiger partial charge on any atom is 0.348 e. The minimum absolute atomic E-state index is 0.244. The number of carbonyl (C=O) groups excluding carboxylic acids is 2. The third-order valence-electron chi connectivity index (χ3n) is 1.89. The van der Waals surface area contributed by atoms with Gasteiger partial charge >= 0.3 is 11.9 Å². The second-order valence-corrected chi connectivity index (χ2v) is 3.99. The van der Waals surface area contributed by atoms with E-state index in [0.29, 0.717) is 6.42 Å². The van der Waals surface area contributed by atoms with Crippen LogP contribution in [0.15, 0.2) is 12.2 Å². The van der Waals surface area contributed by atoms with E-state index in [1.165, 1.54) is 0 Å². The summed E-state index contributed by atoms with van der Waals surface area (Å²) in [6, 6.07) is 0. The first-order valence-corrected chi connectivity index (χ1v) is 4.49. The first-order valence-electron chi connectivity index (χ1n) is 4.49. The largest absolute Gasteiger partial charge is 0.419 e. The van der Waals surface area contributed by atoms with E-state index in [-0.39, 0.29) is 11.5 Å². The summed E-state index contributed by atoms with van der Waals surface area (Å²) >= 11 is 0. The molecule has 0 bridgehead atoms. The maximum atomic E-state index is 11.2. The van der Waals surface area contributed by atoms with Crippen molar-refractivity contribution in [1.29, 1.82) is 0 Å². The van der Waals surface area contributed by atoms with Gasteiger partial charge in [0.2, 0.25) is 0 Å². The summed E-state index contributed by atoms with van der Waals surface area (Å²) in [6.07, 6.45) is 0.484. The Bertz CT molecular complexity index is 270. The monoisotopic (exact) mass is 198 g/mol. The van der Waals surface area contributed by atoms with Gasteiger partial charge in [0.25, 0.3) is 5.79 Å². The SMILES string of the molecule is C=C1C(=O)OC(C)(CC(C)C)OC1=O. The lowest BCUT2D eigenvalue weighted by atomic mass is 10.0. The Balaban J connectivity index is 2.79. The number of hydrogen-bond donors (Lipinski definition) is 0. The first kappa shape index (κ1) is 10.8. The fraction of sp³-hybridized carbons (Fsp3) is 0.600. The third kappa shape index (κ3) is 2.13. The summed E-state index contributed by atoms with van der Waals surface area (Å²) in [7, 11) is 0. The van der Waals surface area contributed by atoms with Crippen molar-refractivity contribution in [1.82, 2.24) is 0 Å². The second-order valence-electron chi connectivity index (χ2n) is 3.99. The first-order chi connectivity index (χ1) is 6.34. The molecule has 1 fully saturated rings. The van der Waals surface area contributed by atoms with E-state index in [0.717, 1.165) is 0 Å². The predicted molar refractivity (Wildman–Crippen MR) is 49.2 cm³/mol. The molecule has 1 heterocycles. The third-order valence-corrected chi connectivity index (χ3v) is 1.89. The van der Waals surface area contributed by atoms with Crippen molar-refractivity contribution in [3.8, 4) is 0 Å². The van der Waals surface area contributed by atoms with Crippen LogP contribution in [-0.4, -0.2) is 17.7 Å². The molecule has 0 unspecified atom stereocenters. The zero-order valence-corrected chi connectivity index (χ0v) is 8.62. The summed E-state index contributed by atoms with van der Waals surface area (Å²) in [6.45, 7) is 8.76. The van der Waals surface area contributed by atoms with Crippen LogP contribution in [0.1, 0.15) is 27.2 Å². The van der Waals surface area contributed by atoms with Gasteiger partial charge in [-0.15, -0.1) is 0 Å². The number of cyclic esters (lactones) is 2. The van der Waals surface area contributed by atoms with Crippen molar-refractivity contribution >= 4 is 11.9 Å². The zero-order valence-electron chi connectivity index (χ0n) is 8.62. The Morgan fingerprint density at radius 2 is 1.71 bits per heavy atom. The predicted octanol–water partition coefficient (Wildman–Crippen LogP) is 1.40. The second kappa shape index (κ2) is 3.44. The Kier molecular flexibility index (Phi) is 2.64. The van der Waals surface area contributed by atoms with E-state index >= 15 is 0 Å². The molecule has 1 rings (SSSR count). The summed E-state index contributed by atoms with van der Waals surface area (Å²) in [5.41, 5.74) is -0.244. The molecule has 0 saturated carbocycles. The topological polar surface area (TPSA) is 52.6 Å². The molecule has 0 aliphatic carbocycles. The van der Waals surface area contributed by atoms with Gasteiger partial charge in [-0.25, -0.2) is 9.59 Å². The summed E-state index contributed by atoms with van der Waals surface area (Å²) in [5, 5.41) is 0. The normalized spacial score (nSPS) is 20.7. The van der Waals surface area contributed by atoms with Crippen LogP contribution in [0.3, 0.4) is 0 Å². The van der Waals surface area contributed by atoms with Crippen molar-refractivity contribution in [2.24, 2.45) is 5.92 Å². The smallest absolute Gasteiger partial charge is 0.348 e. The molecular weight excluding hydrogens is 184 g/mol. The number of ether oxygens (including phenoxy) is 2. The molecule has 0 spiro atoms. The number of hydrogen-bond acceptors (Lipinski definition) is 4. The van der Waals surface area contributed by atoms with Crippen LogP contribution in [0.2, 0.25) is 0 Å². The maximum absolute atomic E-state index is 11.2. The minimum Gasteiger partial charge on any atom is -0.419 e. The van der Waals surface area contributed by atoms with Crippen molar-refractivity contribution in [2.45, 2.75) is 33.0 Å². The van der Waals surface area contributed by atoms with Crippen LogP contribution >= 0.6 is 0 Å². The lowest BCUT2D eigenvalue weighted by molar-refractivity contribution is -0.233. The van der Waals surface area contributed by atoms with Gasteiger partial charge in [-0.05, 0) is 5.92 Å². The van der Waals surface area contributed by atoms with E-state index < -0.39 is 17.7 Å². The van der Waals surface area contributed by atoms with Gasteiger partial charge < -0.3 is 9.47 Å². The van der Waals surface area contributed by atoms with E-state index in [1.807, 2.05) is 13.8 Å². The number of carbonyl (C=O) groups is 2. The molecule has 4 heteroatoms. The molecule has 0 aromatic carbocycles. The van der Waals surface area contributed by atoms with Gasteiger partial charge in [-0.3, -0.25) is 0 Å². The molecule has 0 aromatic rings. The highest BCUT2D eigenvalue weighted by Crippen LogP contribution is 2.28. The van der Waals surface area contributed by atoms with Gasteiger partial charge in [0, 0.05) is 13.3 Å². The van der Waals surface area contributed by atoms with Crippen LogP contribution in [0.4, 0.5) is 0 Å². The molecule has 0 radical (unpaired) electrons. The summed E-state index contributed by atoms with van der Waals surface area (Å²) in [5.74, 6) is -2.25. The molecular formula is C10H14O4. The van der Waals surface area contributed by atoms with Crippen molar-refractivity contribution < 1.29 is 19.1 Å². The average Bonchev–Trinajstić information content (AvgIpc) is 1.97. The van der Waals surface area contributed by atoms with Crippen molar-refractivity contribution in [3.05, 3.63) is 12.2 Å². The Morgan fingerprint density at radius 3 is 2.07 bits per heavy atom. The van der Waals surface area contributed by atoms with E-state index in [2.05, 4.69) is 6.58 Å². The van der Waals surface area contributed by atoms with Gasteiger partial charge in [0.15, 0.2) is 0 Å². The highest BCUT2D eigenvalue weighted by molar-refractivity contribution is 6.14. The molecule has 0 N–H and O–H groups in total. The van der Waals surface area contributed by atoms with Gasteiger partial charge in [0.05, 0.1) is 0 Å². The van der Waals surface area contributed by atoms with Crippen molar-refractivity contribution in [2.75, 3.05) is 0 Å². The molecule has 1 saturated heterocycles. The quantitative estimate of drug-likeness (QED) is 0.382. The molecule has 0 aromatic heterocycles. The number of rotatable bonds is 2. The van der Waals surface area contributed by atoms with Gasteiger partial charge in [-0.2, -0.15) is 0 Å². The zero-order chi connectivity index (χ0) is 10.9. The summed E-state index contributed by atoms with van der Waals surface area (Å²) < 4.78 is 9.97. The van der Waals surface area contributed by atoms with Crippen LogP contribution in [-0.2, 0) is 19.1 Å². The van der Waals surface area contributed by atoms with Crippen LogP contribution in [0, 0.1) is 5.92 Å². The fourth-order valence-corrected chi connectivity index (χ4v) is 1.44. The molecule has 78 valence electrons. The average molecular weight is 198 g/mol. The number of esters is 2. The summed E-state index contributed by atoms with van der Waals surface area (Å²) in [4.78, 5) is 22.4. The Morgan fingerprint density at radius 1 is 1.29 bits per heavy atom. The molecule has 14 heavy (non-hydrogen) atoms. The molecule has 0 amide bonds. The van der Waals surface area contributed by atoms with Crippen LogP contribution in [0.25, 0.3) is 0 Å². The minimum atomic E-state index is -1.14. The lowest BCUT2D eigenvalue weighted by Gasteiger charge is -2.34. The van der Waals surface area contributed by atoms with Crippen LogP contribution < -0.4 is 0 Å². The van der Waals surface area contributed by atoms with E-state index in [4.69, 9.17) is 9.47 Å². The highest BCUT2D eigenvalue weighted by Gasteiger charge is 2.41. The molecule has 1 aliphatic heterocycles. The van der Waals surface area contributed by atoms with E-state index in [1.54, 1.807) is 6.92 Å². The van der Waals surface area contributed by atoms with Gasteiger partial charge in [0.1, 0.15) is 5.57 Å². The molecule has 4 nitrogen and oxygen atoms in total. The van der Waals surface area contributed by atoms with E-state index in [9.17, 15) is 9.59 Å². The Hall–Kier alpha value is -1.32. The standard InChI is InChI=1S/C10H14O4/c1-6(2)5-10(4)13-8(11)7(3)9(12)14-10/h6H,3,5H2,1-2,4H3. The molecule has 1 aliphatic rings. The highest BCUT2D eigenvalue weighted by atomic mass is 16.7.